The van der Waals surface area contributed by atoms with Gasteiger partial charge in [-0.25, -0.2) is 0 Å². The number of aliphatic hydroxyl groups is 11. The van der Waals surface area contributed by atoms with Gasteiger partial charge >= 0.3 is 0 Å². The molecule has 0 aliphatic carbocycles. The van der Waals surface area contributed by atoms with E-state index in [1.807, 2.05) is 6.08 Å². The molecule has 17 atom stereocenters. The Bertz CT molecular complexity index is 1760. The van der Waals surface area contributed by atoms with E-state index in [0.29, 0.717) is 12.8 Å². The Hall–Kier alpha value is -1.99. The first-order valence-electron chi connectivity index (χ1n) is 35.7. The Morgan fingerprint density at radius 3 is 1.12 bits per heavy atom. The van der Waals surface area contributed by atoms with Crippen molar-refractivity contribution in [2.24, 2.45) is 0 Å². The summed E-state index contributed by atoms with van der Waals surface area (Å²) in [4.78, 5) is 13.4. The fourth-order valence-corrected chi connectivity index (χ4v) is 12.1. The number of unbranched alkanes of at least 4 members (excludes halogenated alkanes) is 35. The summed E-state index contributed by atoms with van der Waals surface area (Å²) in [6.45, 7) is 1.73. The van der Waals surface area contributed by atoms with Gasteiger partial charge in [0.2, 0.25) is 5.91 Å². The summed E-state index contributed by atoms with van der Waals surface area (Å²) < 4.78 is 34.3. The number of hydrogen-bond acceptors (Lipinski definition) is 18. The summed E-state index contributed by atoms with van der Waals surface area (Å²) in [6.07, 6.45) is 34.1. The lowest BCUT2D eigenvalue weighted by Crippen LogP contribution is -2.66. The van der Waals surface area contributed by atoms with Crippen LogP contribution >= 0.6 is 0 Å². The highest BCUT2D eigenvalue weighted by atomic mass is 16.8. The van der Waals surface area contributed by atoms with E-state index in [9.17, 15) is 61.0 Å². The number of rotatable bonds is 55. The molecular weight excluding hydrogens is 1140 g/mol. The first-order chi connectivity index (χ1) is 43.3. The van der Waals surface area contributed by atoms with Crippen molar-refractivity contribution in [3.8, 4) is 0 Å². The Morgan fingerprint density at radius 1 is 0.393 bits per heavy atom. The average molecular weight is 1270 g/mol. The fourth-order valence-electron chi connectivity index (χ4n) is 12.1. The van der Waals surface area contributed by atoms with Crippen LogP contribution < -0.4 is 5.32 Å². The molecule has 89 heavy (non-hydrogen) atoms. The third kappa shape index (κ3) is 34.3. The van der Waals surface area contributed by atoms with Crippen LogP contribution in [0.25, 0.3) is 0 Å². The quantitative estimate of drug-likeness (QED) is 0.0199. The molecule has 0 saturated carbocycles. The van der Waals surface area contributed by atoms with Crippen molar-refractivity contribution < 1.29 is 89.4 Å². The van der Waals surface area contributed by atoms with Crippen LogP contribution in [0.15, 0.2) is 36.5 Å². The van der Waals surface area contributed by atoms with Crippen LogP contribution in [0.4, 0.5) is 0 Å². The van der Waals surface area contributed by atoms with E-state index in [-0.39, 0.29) is 18.9 Å². The number of amides is 1. The van der Waals surface area contributed by atoms with Crippen LogP contribution in [-0.4, -0.2) is 193 Å². The van der Waals surface area contributed by atoms with Crippen molar-refractivity contribution in [2.75, 3.05) is 26.4 Å². The second-order valence-corrected chi connectivity index (χ2v) is 25.7. The van der Waals surface area contributed by atoms with Gasteiger partial charge in [-0.2, -0.15) is 0 Å². The first-order valence-corrected chi connectivity index (χ1v) is 35.7. The molecule has 0 spiro atoms. The molecule has 3 aliphatic heterocycles. The average Bonchev–Trinajstić information content (AvgIpc) is 2.46. The van der Waals surface area contributed by atoms with Crippen LogP contribution in [0.2, 0.25) is 0 Å². The normalized spacial score (nSPS) is 28.4. The first kappa shape index (κ1) is 81.2. The lowest BCUT2D eigenvalue weighted by Gasteiger charge is -2.48. The Balaban J connectivity index is 1.42. The number of carbonyl (C=O) groups excluding carboxylic acids is 1. The van der Waals surface area contributed by atoms with E-state index >= 15 is 0 Å². The smallest absolute Gasteiger partial charge is 0.220 e. The molecule has 0 radical (unpaired) electrons. The molecule has 19 nitrogen and oxygen atoms in total. The minimum absolute atomic E-state index is 0.238. The molecule has 0 aromatic heterocycles. The van der Waals surface area contributed by atoms with E-state index < -0.39 is 124 Å². The summed E-state index contributed by atoms with van der Waals surface area (Å²) in [5.74, 6) is -0.282. The molecule has 3 aliphatic rings. The van der Waals surface area contributed by atoms with Crippen LogP contribution in [-0.2, 0) is 33.2 Å². The van der Waals surface area contributed by atoms with E-state index in [1.165, 1.54) is 199 Å². The van der Waals surface area contributed by atoms with Gasteiger partial charge in [0.05, 0.1) is 38.6 Å². The van der Waals surface area contributed by atoms with Crippen LogP contribution in [0.5, 0.6) is 0 Å². The van der Waals surface area contributed by atoms with Gasteiger partial charge in [-0.1, -0.05) is 243 Å². The molecule has 0 aromatic carbocycles. The summed E-state index contributed by atoms with van der Waals surface area (Å²) in [6, 6.07) is -0.989. The Kier molecular flexibility index (Phi) is 47.7. The number of nitrogens with one attached hydrogen (secondary N) is 1. The zero-order valence-electron chi connectivity index (χ0n) is 55.2. The van der Waals surface area contributed by atoms with Crippen LogP contribution in [0.1, 0.15) is 271 Å². The zero-order chi connectivity index (χ0) is 64.7. The summed E-state index contributed by atoms with van der Waals surface area (Å²) in [5.41, 5.74) is 0. The monoisotopic (exact) mass is 1270 g/mol. The minimum Gasteiger partial charge on any atom is -0.394 e. The van der Waals surface area contributed by atoms with E-state index in [1.54, 1.807) is 6.08 Å². The summed E-state index contributed by atoms with van der Waals surface area (Å²) in [5, 5.41) is 120. The summed E-state index contributed by atoms with van der Waals surface area (Å²) in [7, 11) is 0. The van der Waals surface area contributed by atoms with E-state index in [4.69, 9.17) is 28.4 Å². The van der Waals surface area contributed by atoms with E-state index in [2.05, 4.69) is 43.5 Å². The highest BCUT2D eigenvalue weighted by Crippen LogP contribution is 2.33. The minimum atomic E-state index is -1.98. The van der Waals surface area contributed by atoms with Gasteiger partial charge in [0.25, 0.3) is 0 Å². The maximum atomic E-state index is 13.4. The molecule has 3 fully saturated rings. The zero-order valence-corrected chi connectivity index (χ0v) is 55.2. The maximum absolute atomic E-state index is 13.4. The SMILES string of the molecule is CCCCCCCCCC/C=C\CCCCCCCCCCCCCCCCCC(=O)NC(COC1OC(CO)C(OC2OC(CO)C(OC3OC(CO)C(O)C(O)C3O)C(O)C2O)C(O)C1O)C(O)/C=C/CC/C=C/CCCCCCCCCCCCC. The molecule has 12 N–H and O–H groups in total. The Labute approximate surface area is 536 Å². The largest absolute Gasteiger partial charge is 0.394 e. The number of aliphatic hydroxyl groups excluding tert-OH is 11. The number of hydrogen-bond donors (Lipinski definition) is 12. The fraction of sp³-hybridized carbons (Fsp3) is 0.900. The highest BCUT2D eigenvalue weighted by Gasteiger charge is 2.53. The van der Waals surface area contributed by atoms with Crippen LogP contribution in [0.3, 0.4) is 0 Å². The lowest BCUT2D eigenvalue weighted by atomic mass is 9.96. The highest BCUT2D eigenvalue weighted by molar-refractivity contribution is 5.76. The molecule has 19 heteroatoms. The third-order valence-electron chi connectivity index (χ3n) is 17.9. The van der Waals surface area contributed by atoms with Gasteiger partial charge in [0, 0.05) is 6.42 Å². The standard InChI is InChI=1S/C70H129NO18/c1-3-5-7-9-11-13-15-17-19-21-22-23-24-25-26-27-28-29-30-32-34-36-38-40-42-44-46-48-58(76)71-53(54(75)47-45-43-41-39-37-35-33-31-20-18-16-14-12-10-8-6-4-2)52-84-68-64(82)61(79)66(56(50-73)86-68)89-70-65(83)62(80)67(57(51-74)87-70)88-69-63(81)60(78)59(77)55(49-72)85-69/h21-22,37,39,45,47,53-57,59-70,72-75,77-83H,3-20,23-36,38,40-44,46,48-52H2,1-2H3,(H,71,76)/b22-21-,39-37+,47-45+. The Morgan fingerprint density at radius 2 is 0.719 bits per heavy atom. The second kappa shape index (κ2) is 52.3. The number of allylic oxidation sites excluding steroid dienone is 5. The third-order valence-corrected chi connectivity index (χ3v) is 17.9. The molecule has 3 heterocycles. The number of carbonyl (C=O) groups is 1. The molecular formula is C70H129NO18. The topological polar surface area (TPSA) is 307 Å². The van der Waals surface area contributed by atoms with Gasteiger partial charge in [-0.15, -0.1) is 0 Å². The van der Waals surface area contributed by atoms with Crippen molar-refractivity contribution >= 4 is 5.91 Å². The van der Waals surface area contributed by atoms with Gasteiger partial charge in [-0.3, -0.25) is 4.79 Å². The lowest BCUT2D eigenvalue weighted by molar-refractivity contribution is -0.379. The van der Waals surface area contributed by atoms with Gasteiger partial charge in [-0.05, 0) is 57.8 Å². The van der Waals surface area contributed by atoms with E-state index in [0.717, 1.165) is 38.5 Å². The predicted molar refractivity (Wildman–Crippen MR) is 346 cm³/mol. The molecule has 17 unspecified atom stereocenters. The van der Waals surface area contributed by atoms with Crippen molar-refractivity contribution in [3.05, 3.63) is 36.5 Å². The van der Waals surface area contributed by atoms with Crippen molar-refractivity contribution in [2.45, 2.75) is 375 Å². The predicted octanol–water partition coefficient (Wildman–Crippen LogP) is 9.61. The van der Waals surface area contributed by atoms with Gasteiger partial charge < -0.3 is 89.9 Å². The second-order valence-electron chi connectivity index (χ2n) is 25.7. The molecule has 1 amide bonds. The maximum Gasteiger partial charge on any atom is 0.220 e. The molecule has 0 bridgehead atoms. The molecule has 0 aromatic rings. The molecule has 3 rings (SSSR count). The van der Waals surface area contributed by atoms with Gasteiger partial charge in [0.1, 0.15) is 73.2 Å². The number of ether oxygens (including phenoxy) is 6. The van der Waals surface area contributed by atoms with Gasteiger partial charge in [0.15, 0.2) is 18.9 Å². The van der Waals surface area contributed by atoms with Crippen molar-refractivity contribution in [1.82, 2.24) is 5.32 Å². The molecule has 3 saturated heterocycles. The van der Waals surface area contributed by atoms with Crippen molar-refractivity contribution in [3.63, 3.8) is 0 Å². The summed E-state index contributed by atoms with van der Waals surface area (Å²) >= 11 is 0. The molecule has 522 valence electrons. The van der Waals surface area contributed by atoms with Crippen molar-refractivity contribution in [1.29, 1.82) is 0 Å². The van der Waals surface area contributed by atoms with Crippen LogP contribution in [0, 0.1) is 0 Å².